The van der Waals surface area contributed by atoms with Crippen LogP contribution in [0.25, 0.3) is 6.08 Å². The van der Waals surface area contributed by atoms with E-state index in [1.807, 2.05) is 0 Å². The Morgan fingerprint density at radius 3 is 2.58 bits per heavy atom. The SMILES string of the molecule is CC(=O)O[C@@H]1CC[C@@]2(C)[C@H](CC[C@H]3[C@H]4CC=C(/C=C\c5ccccc5)[C@]4(C)CC[C@@H]32)C1. The number of rotatable bonds is 3. The minimum atomic E-state index is -0.108. The number of esters is 1. The van der Waals surface area contributed by atoms with Gasteiger partial charge in [0.2, 0.25) is 0 Å². The fourth-order valence-corrected chi connectivity index (χ4v) is 8.17. The van der Waals surface area contributed by atoms with Gasteiger partial charge in [0.1, 0.15) is 6.10 Å². The second kappa shape index (κ2) is 7.94. The lowest BCUT2D eigenvalue weighted by Gasteiger charge is -2.60. The third kappa shape index (κ3) is 3.60. The Kier molecular flexibility index (Phi) is 5.39. The zero-order chi connectivity index (χ0) is 21.6. The van der Waals surface area contributed by atoms with E-state index in [1.54, 1.807) is 12.5 Å². The van der Waals surface area contributed by atoms with Crippen LogP contribution in [0.4, 0.5) is 0 Å². The van der Waals surface area contributed by atoms with Gasteiger partial charge in [-0.2, -0.15) is 0 Å². The van der Waals surface area contributed by atoms with Crippen molar-refractivity contribution in [1.82, 2.24) is 0 Å². The molecule has 4 aliphatic carbocycles. The van der Waals surface area contributed by atoms with Crippen LogP contribution < -0.4 is 0 Å². The van der Waals surface area contributed by atoms with Gasteiger partial charge in [0.05, 0.1) is 0 Å². The van der Waals surface area contributed by atoms with Crippen molar-refractivity contribution in [1.29, 1.82) is 0 Å². The number of allylic oxidation sites excluding steroid dienone is 3. The lowest BCUT2D eigenvalue weighted by atomic mass is 9.44. The summed E-state index contributed by atoms with van der Waals surface area (Å²) in [6.45, 7) is 6.69. The molecule has 0 saturated heterocycles. The Morgan fingerprint density at radius 1 is 1.00 bits per heavy atom. The van der Waals surface area contributed by atoms with Crippen LogP contribution in [0.3, 0.4) is 0 Å². The van der Waals surface area contributed by atoms with E-state index in [1.165, 1.54) is 44.1 Å². The van der Waals surface area contributed by atoms with Gasteiger partial charge >= 0.3 is 5.97 Å². The molecular weight excluding hydrogens is 380 g/mol. The van der Waals surface area contributed by atoms with Crippen LogP contribution in [0.2, 0.25) is 0 Å². The number of carbonyl (C=O) groups excluding carboxylic acids is 1. The van der Waals surface area contributed by atoms with Crippen LogP contribution in [0.15, 0.2) is 48.1 Å². The Morgan fingerprint density at radius 2 is 1.81 bits per heavy atom. The van der Waals surface area contributed by atoms with Crippen molar-refractivity contribution in [3.63, 3.8) is 0 Å². The van der Waals surface area contributed by atoms with Crippen LogP contribution in [0.5, 0.6) is 0 Å². The number of carbonyl (C=O) groups is 1. The van der Waals surface area contributed by atoms with E-state index < -0.39 is 0 Å². The van der Waals surface area contributed by atoms with E-state index in [0.29, 0.717) is 10.8 Å². The van der Waals surface area contributed by atoms with Gasteiger partial charge in [0, 0.05) is 6.92 Å². The van der Waals surface area contributed by atoms with E-state index >= 15 is 0 Å². The van der Waals surface area contributed by atoms with Gasteiger partial charge in [0.15, 0.2) is 0 Å². The largest absolute Gasteiger partial charge is 0.463 e. The first-order chi connectivity index (χ1) is 14.9. The molecule has 0 heterocycles. The molecule has 0 unspecified atom stereocenters. The van der Waals surface area contributed by atoms with Crippen molar-refractivity contribution >= 4 is 12.0 Å². The summed E-state index contributed by atoms with van der Waals surface area (Å²) in [5.41, 5.74) is 3.64. The first-order valence-electron chi connectivity index (χ1n) is 12.5. The third-order valence-corrected chi connectivity index (χ3v) is 9.85. The van der Waals surface area contributed by atoms with E-state index in [2.05, 4.69) is 62.4 Å². The Bertz CT molecular complexity index is 883. The highest BCUT2D eigenvalue weighted by Gasteiger charge is 2.58. The molecule has 1 aromatic carbocycles. The summed E-state index contributed by atoms with van der Waals surface area (Å²) < 4.78 is 5.63. The summed E-state index contributed by atoms with van der Waals surface area (Å²) in [6.07, 6.45) is 17.4. The van der Waals surface area contributed by atoms with Gasteiger partial charge in [-0.25, -0.2) is 0 Å². The molecule has 31 heavy (non-hydrogen) atoms. The average molecular weight is 419 g/mol. The molecule has 0 spiro atoms. The average Bonchev–Trinajstić information content (AvgIpc) is 3.09. The van der Waals surface area contributed by atoms with Crippen LogP contribution in [-0.2, 0) is 9.53 Å². The summed E-state index contributed by atoms with van der Waals surface area (Å²) >= 11 is 0. The van der Waals surface area contributed by atoms with Gasteiger partial charge < -0.3 is 4.74 Å². The molecule has 0 radical (unpaired) electrons. The maximum absolute atomic E-state index is 11.5. The highest BCUT2D eigenvalue weighted by molar-refractivity contribution is 5.66. The number of fused-ring (bicyclic) bond motifs is 5. The van der Waals surface area contributed by atoms with E-state index in [0.717, 1.165) is 36.5 Å². The molecule has 1 aromatic rings. The van der Waals surface area contributed by atoms with Gasteiger partial charge in [-0.3, -0.25) is 4.79 Å². The Balaban J connectivity index is 1.32. The van der Waals surface area contributed by atoms with Crippen LogP contribution in [0.1, 0.15) is 77.7 Å². The van der Waals surface area contributed by atoms with E-state index in [9.17, 15) is 4.79 Å². The second-order valence-electron chi connectivity index (χ2n) is 11.3. The fourth-order valence-electron chi connectivity index (χ4n) is 8.17. The molecule has 4 aliphatic rings. The van der Waals surface area contributed by atoms with Crippen LogP contribution in [-0.4, -0.2) is 12.1 Å². The monoisotopic (exact) mass is 418 g/mol. The van der Waals surface area contributed by atoms with Crippen molar-refractivity contribution in [2.75, 3.05) is 0 Å². The quantitative estimate of drug-likeness (QED) is 0.485. The van der Waals surface area contributed by atoms with Crippen molar-refractivity contribution in [2.24, 2.45) is 34.5 Å². The molecule has 3 fully saturated rings. The summed E-state index contributed by atoms with van der Waals surface area (Å²) in [6, 6.07) is 10.7. The lowest BCUT2D eigenvalue weighted by molar-refractivity contribution is -0.158. The molecular formula is C29H38O2. The molecule has 0 bridgehead atoms. The first kappa shape index (κ1) is 21.0. The van der Waals surface area contributed by atoms with Gasteiger partial charge in [0.25, 0.3) is 0 Å². The van der Waals surface area contributed by atoms with E-state index in [-0.39, 0.29) is 12.1 Å². The lowest BCUT2D eigenvalue weighted by Crippen LogP contribution is -2.53. The summed E-state index contributed by atoms with van der Waals surface area (Å²) in [4.78, 5) is 11.5. The maximum atomic E-state index is 11.5. The highest BCUT2D eigenvalue weighted by atomic mass is 16.5. The van der Waals surface area contributed by atoms with Crippen molar-refractivity contribution in [3.05, 3.63) is 53.6 Å². The van der Waals surface area contributed by atoms with Crippen LogP contribution in [0, 0.1) is 34.5 Å². The van der Waals surface area contributed by atoms with Crippen molar-refractivity contribution in [3.8, 4) is 0 Å². The third-order valence-electron chi connectivity index (χ3n) is 9.85. The molecule has 0 amide bonds. The van der Waals surface area contributed by atoms with Gasteiger partial charge in [-0.15, -0.1) is 0 Å². The molecule has 0 aromatic heterocycles. The Labute approximate surface area is 188 Å². The predicted molar refractivity (Wildman–Crippen MR) is 126 cm³/mol. The molecule has 2 heteroatoms. The smallest absolute Gasteiger partial charge is 0.302 e. The van der Waals surface area contributed by atoms with Crippen LogP contribution >= 0.6 is 0 Å². The normalized spacial score (nSPS) is 41.8. The second-order valence-corrected chi connectivity index (χ2v) is 11.3. The first-order valence-corrected chi connectivity index (χ1v) is 12.5. The molecule has 2 nitrogen and oxygen atoms in total. The standard InChI is InChI=1S/C29H38O2/c1-20(30)31-24-15-17-29(3)23(19-24)11-13-25-26-14-12-22(28(26,2)18-16-27(25)29)10-9-21-7-5-4-6-8-21/h4-10,12,23-27H,11,13-19H2,1-3H3/b10-9-/t23-,24-,25+,26-,27+,28+,29+/m1/s1. The summed E-state index contributed by atoms with van der Waals surface area (Å²) in [7, 11) is 0. The molecule has 0 aliphatic heterocycles. The predicted octanol–water partition coefficient (Wildman–Crippen LogP) is 7.21. The molecule has 7 atom stereocenters. The fraction of sp³-hybridized carbons (Fsp3) is 0.621. The number of hydrogen-bond acceptors (Lipinski definition) is 2. The maximum Gasteiger partial charge on any atom is 0.302 e. The topological polar surface area (TPSA) is 26.3 Å². The highest BCUT2D eigenvalue weighted by Crippen LogP contribution is 2.66. The zero-order valence-electron chi connectivity index (χ0n) is 19.5. The zero-order valence-corrected chi connectivity index (χ0v) is 19.5. The minimum Gasteiger partial charge on any atom is -0.463 e. The molecule has 0 N–H and O–H groups in total. The molecule has 3 saturated carbocycles. The van der Waals surface area contributed by atoms with Gasteiger partial charge in [-0.05, 0) is 97.0 Å². The van der Waals surface area contributed by atoms with Gasteiger partial charge in [-0.1, -0.05) is 62.4 Å². The van der Waals surface area contributed by atoms with E-state index in [4.69, 9.17) is 4.74 Å². The molecule has 5 rings (SSSR count). The molecule has 166 valence electrons. The van der Waals surface area contributed by atoms with Crippen molar-refractivity contribution in [2.45, 2.75) is 78.2 Å². The minimum absolute atomic E-state index is 0.108. The number of hydrogen-bond donors (Lipinski definition) is 0. The number of benzene rings is 1. The van der Waals surface area contributed by atoms with Crippen molar-refractivity contribution < 1.29 is 9.53 Å². The number of ether oxygens (including phenoxy) is 1. The summed E-state index contributed by atoms with van der Waals surface area (Å²) in [5.74, 6) is 3.11. The Hall–Kier alpha value is -1.83. The summed E-state index contributed by atoms with van der Waals surface area (Å²) in [5, 5.41) is 0.